The van der Waals surface area contributed by atoms with Crippen molar-refractivity contribution in [1.29, 1.82) is 0 Å². The molecule has 0 aliphatic carbocycles. The molecule has 4 aromatic carbocycles. The SMILES string of the molecule is Cn1cc(C(=O)c2cccc3c2c2ccccc2n3C2CCN(Cc3ccc4c(c3)OCO4)CC2)c2ccccc21. The fraction of sp³-hybridized carbons (Fsp3) is 0.229. The van der Waals surface area contributed by atoms with E-state index in [9.17, 15) is 4.79 Å². The number of rotatable bonds is 5. The first-order valence-electron chi connectivity index (χ1n) is 14.4. The van der Waals surface area contributed by atoms with E-state index in [-0.39, 0.29) is 5.78 Å². The van der Waals surface area contributed by atoms with Gasteiger partial charge in [0.25, 0.3) is 0 Å². The van der Waals surface area contributed by atoms with Crippen molar-refractivity contribution < 1.29 is 14.3 Å². The molecule has 0 amide bonds. The molecule has 8 rings (SSSR count). The molecule has 2 aromatic heterocycles. The summed E-state index contributed by atoms with van der Waals surface area (Å²) in [7, 11) is 2.00. The number of aromatic nitrogens is 2. The zero-order chi connectivity index (χ0) is 27.5. The van der Waals surface area contributed by atoms with E-state index in [0.717, 1.165) is 82.3 Å². The average molecular weight is 542 g/mol. The van der Waals surface area contributed by atoms with Gasteiger partial charge in [0, 0.05) is 77.2 Å². The fourth-order valence-electron chi connectivity index (χ4n) is 6.93. The quantitative estimate of drug-likeness (QED) is 0.219. The van der Waals surface area contributed by atoms with Crippen molar-refractivity contribution in [2.24, 2.45) is 7.05 Å². The molecule has 0 bridgehead atoms. The maximum Gasteiger partial charge on any atom is 0.231 e. The molecule has 6 nitrogen and oxygen atoms in total. The number of hydrogen-bond donors (Lipinski definition) is 0. The molecule has 0 N–H and O–H groups in total. The van der Waals surface area contributed by atoms with Crippen molar-refractivity contribution in [3.8, 4) is 11.5 Å². The van der Waals surface area contributed by atoms with Crippen molar-refractivity contribution in [2.75, 3.05) is 19.9 Å². The Balaban J connectivity index is 1.13. The molecule has 0 radical (unpaired) electrons. The van der Waals surface area contributed by atoms with Gasteiger partial charge in [-0.25, -0.2) is 0 Å². The number of piperidine rings is 1. The molecule has 0 saturated carbocycles. The van der Waals surface area contributed by atoms with Crippen molar-refractivity contribution in [2.45, 2.75) is 25.4 Å². The van der Waals surface area contributed by atoms with Crippen LogP contribution in [0.15, 0.2) is 91.1 Å². The first kappa shape index (κ1) is 24.3. The third-order valence-corrected chi connectivity index (χ3v) is 8.89. The van der Waals surface area contributed by atoms with Crippen LogP contribution in [-0.4, -0.2) is 39.7 Å². The maximum absolute atomic E-state index is 14.2. The minimum Gasteiger partial charge on any atom is -0.454 e. The van der Waals surface area contributed by atoms with Crippen molar-refractivity contribution >= 4 is 38.5 Å². The molecular formula is C35H31N3O3. The highest BCUT2D eigenvalue weighted by molar-refractivity contribution is 6.25. The molecule has 1 fully saturated rings. The normalized spacial score (nSPS) is 15.8. The van der Waals surface area contributed by atoms with Gasteiger partial charge in [-0.05, 0) is 48.7 Å². The van der Waals surface area contributed by atoms with E-state index in [1.54, 1.807) is 0 Å². The summed E-state index contributed by atoms with van der Waals surface area (Å²) < 4.78 is 15.6. The Morgan fingerprint density at radius 3 is 2.37 bits per heavy atom. The van der Waals surface area contributed by atoms with Crippen LogP contribution in [0.5, 0.6) is 11.5 Å². The van der Waals surface area contributed by atoms with Crippen LogP contribution in [-0.2, 0) is 13.6 Å². The summed E-state index contributed by atoms with van der Waals surface area (Å²) in [6.07, 6.45) is 4.08. The molecule has 6 aromatic rings. The highest BCUT2D eigenvalue weighted by atomic mass is 16.7. The topological polar surface area (TPSA) is 48.6 Å². The number of ether oxygens (including phenoxy) is 2. The third-order valence-electron chi connectivity index (χ3n) is 8.89. The lowest BCUT2D eigenvalue weighted by Gasteiger charge is -2.33. The second-order valence-corrected chi connectivity index (χ2v) is 11.3. The van der Waals surface area contributed by atoms with Gasteiger partial charge in [-0.15, -0.1) is 0 Å². The standard InChI is InChI=1S/C35H31N3O3/c1-36-21-28(25-7-2-4-10-29(25)36)35(39)27-9-6-12-31-34(27)26-8-3-5-11-30(26)38(31)24-15-17-37(18-16-24)20-23-13-14-32-33(19-23)41-22-40-32/h2-14,19,21,24H,15-18,20,22H2,1H3. The first-order valence-corrected chi connectivity index (χ1v) is 14.4. The van der Waals surface area contributed by atoms with Crippen LogP contribution in [0.4, 0.5) is 0 Å². The van der Waals surface area contributed by atoms with E-state index in [4.69, 9.17) is 9.47 Å². The van der Waals surface area contributed by atoms with E-state index in [1.807, 2.05) is 54.2 Å². The van der Waals surface area contributed by atoms with E-state index >= 15 is 0 Å². The number of aryl methyl sites for hydroxylation is 1. The Bertz CT molecular complexity index is 1960. The molecule has 204 valence electrons. The summed E-state index contributed by atoms with van der Waals surface area (Å²) in [6.45, 7) is 3.24. The molecule has 0 spiro atoms. The van der Waals surface area contributed by atoms with Crippen LogP contribution in [0.1, 0.15) is 40.4 Å². The monoisotopic (exact) mass is 541 g/mol. The molecular weight excluding hydrogens is 510 g/mol. The molecule has 0 atom stereocenters. The number of carbonyl (C=O) groups excluding carboxylic acids is 1. The van der Waals surface area contributed by atoms with E-state index < -0.39 is 0 Å². The molecule has 0 unspecified atom stereocenters. The lowest BCUT2D eigenvalue weighted by atomic mass is 9.98. The zero-order valence-corrected chi connectivity index (χ0v) is 23.0. The smallest absolute Gasteiger partial charge is 0.231 e. The van der Waals surface area contributed by atoms with Crippen molar-refractivity contribution in [3.05, 3.63) is 108 Å². The second-order valence-electron chi connectivity index (χ2n) is 11.3. The summed E-state index contributed by atoms with van der Waals surface area (Å²) >= 11 is 0. The number of hydrogen-bond acceptors (Lipinski definition) is 4. The number of nitrogens with zero attached hydrogens (tertiary/aromatic N) is 3. The molecule has 2 aliphatic rings. The van der Waals surface area contributed by atoms with E-state index in [1.165, 1.54) is 11.1 Å². The van der Waals surface area contributed by atoms with Gasteiger partial charge in [0.05, 0.1) is 5.52 Å². The number of likely N-dealkylation sites (tertiary alicyclic amines) is 1. The Kier molecular flexibility index (Phi) is 5.64. The largest absolute Gasteiger partial charge is 0.454 e. The van der Waals surface area contributed by atoms with Gasteiger partial charge in [-0.1, -0.05) is 54.6 Å². The summed E-state index contributed by atoms with van der Waals surface area (Å²) in [5.74, 6) is 1.75. The fourth-order valence-corrected chi connectivity index (χ4v) is 6.93. The molecule has 2 aliphatic heterocycles. The zero-order valence-electron chi connectivity index (χ0n) is 23.0. The Morgan fingerprint density at radius 2 is 1.51 bits per heavy atom. The van der Waals surface area contributed by atoms with Gasteiger partial charge in [0.1, 0.15) is 0 Å². The Morgan fingerprint density at radius 1 is 0.780 bits per heavy atom. The van der Waals surface area contributed by atoms with Crippen LogP contribution in [0, 0.1) is 0 Å². The highest BCUT2D eigenvalue weighted by Gasteiger charge is 2.27. The number of para-hydroxylation sites is 2. The van der Waals surface area contributed by atoms with E-state index in [0.29, 0.717) is 12.8 Å². The number of ketones is 1. The van der Waals surface area contributed by atoms with Crippen molar-refractivity contribution in [3.63, 3.8) is 0 Å². The van der Waals surface area contributed by atoms with Gasteiger partial charge in [-0.2, -0.15) is 0 Å². The molecule has 41 heavy (non-hydrogen) atoms. The van der Waals surface area contributed by atoms with E-state index in [2.05, 4.69) is 58.0 Å². The average Bonchev–Trinajstić information content (AvgIpc) is 3.71. The Hall–Kier alpha value is -4.55. The minimum atomic E-state index is 0.0776. The van der Waals surface area contributed by atoms with Crippen LogP contribution in [0.3, 0.4) is 0 Å². The van der Waals surface area contributed by atoms with Gasteiger partial charge in [0.15, 0.2) is 17.3 Å². The summed E-state index contributed by atoms with van der Waals surface area (Å²) in [6, 6.07) is 29.6. The molecule has 4 heterocycles. The van der Waals surface area contributed by atoms with Gasteiger partial charge in [-0.3, -0.25) is 9.69 Å². The predicted molar refractivity (Wildman–Crippen MR) is 162 cm³/mol. The lowest BCUT2D eigenvalue weighted by Crippen LogP contribution is -2.34. The van der Waals surface area contributed by atoms with Gasteiger partial charge in [0.2, 0.25) is 6.79 Å². The first-order chi connectivity index (χ1) is 20.2. The van der Waals surface area contributed by atoms with Crippen LogP contribution < -0.4 is 9.47 Å². The maximum atomic E-state index is 14.2. The molecule has 6 heteroatoms. The van der Waals surface area contributed by atoms with Gasteiger partial charge < -0.3 is 18.6 Å². The van der Waals surface area contributed by atoms with Crippen molar-refractivity contribution in [1.82, 2.24) is 14.0 Å². The summed E-state index contributed by atoms with van der Waals surface area (Å²) in [5.41, 5.74) is 6.19. The lowest BCUT2D eigenvalue weighted by molar-refractivity contribution is 0.104. The van der Waals surface area contributed by atoms with Crippen LogP contribution in [0.25, 0.3) is 32.7 Å². The second kappa shape index (κ2) is 9.53. The van der Waals surface area contributed by atoms with Crippen LogP contribution >= 0.6 is 0 Å². The van der Waals surface area contributed by atoms with Gasteiger partial charge >= 0.3 is 0 Å². The predicted octanol–water partition coefficient (Wildman–Crippen LogP) is 7.08. The third kappa shape index (κ3) is 3.93. The summed E-state index contributed by atoms with van der Waals surface area (Å²) in [5, 5.41) is 3.20. The molecule has 1 saturated heterocycles. The van der Waals surface area contributed by atoms with Crippen LogP contribution in [0.2, 0.25) is 0 Å². The Labute approximate surface area is 238 Å². The number of fused-ring (bicyclic) bond motifs is 5. The summed E-state index contributed by atoms with van der Waals surface area (Å²) in [4.78, 5) is 16.7. The number of carbonyl (C=O) groups is 1. The minimum absolute atomic E-state index is 0.0776. The number of benzene rings is 4. The highest BCUT2D eigenvalue weighted by Crippen LogP contribution is 2.39.